The molecule has 1 aromatic carbocycles. The van der Waals surface area contributed by atoms with Crippen molar-refractivity contribution in [1.82, 2.24) is 9.55 Å². The highest BCUT2D eigenvalue weighted by molar-refractivity contribution is 6.16. The maximum absolute atomic E-state index is 6.13. The molecule has 0 saturated heterocycles. The van der Waals surface area contributed by atoms with E-state index in [-0.39, 0.29) is 0 Å². The summed E-state index contributed by atoms with van der Waals surface area (Å²) < 4.78 is 7.75. The van der Waals surface area contributed by atoms with Crippen molar-refractivity contribution in [2.24, 2.45) is 5.92 Å². The Morgan fingerprint density at radius 2 is 2.15 bits per heavy atom. The number of hydrogen-bond donors (Lipinski definition) is 0. The number of rotatable bonds is 4. The van der Waals surface area contributed by atoms with E-state index in [1.807, 2.05) is 12.1 Å². The summed E-state index contributed by atoms with van der Waals surface area (Å²) in [5.41, 5.74) is 2.06. The fourth-order valence-electron chi connectivity index (χ4n) is 3.50. The standard InChI is InChI=1S/C16H21ClN2O/c1-11(12-6-3-4-7-12)19-13-8-5-9-14(20-2)16(13)18-15(19)10-17/h5,8-9,11-12H,3-4,6-7,10H2,1-2H3. The van der Waals surface area contributed by atoms with Crippen LogP contribution < -0.4 is 4.74 Å². The number of aromatic nitrogens is 2. The van der Waals surface area contributed by atoms with E-state index in [9.17, 15) is 0 Å². The average molecular weight is 293 g/mol. The van der Waals surface area contributed by atoms with Gasteiger partial charge in [-0.15, -0.1) is 11.6 Å². The van der Waals surface area contributed by atoms with E-state index in [2.05, 4.69) is 17.6 Å². The molecule has 0 amide bonds. The second-order valence-electron chi connectivity index (χ2n) is 5.64. The van der Waals surface area contributed by atoms with Gasteiger partial charge < -0.3 is 9.30 Å². The van der Waals surface area contributed by atoms with Gasteiger partial charge in [0.05, 0.1) is 18.5 Å². The van der Waals surface area contributed by atoms with Crippen molar-refractivity contribution in [3.8, 4) is 5.75 Å². The highest BCUT2D eigenvalue weighted by atomic mass is 35.5. The molecule has 1 aromatic heterocycles. The smallest absolute Gasteiger partial charge is 0.146 e. The Hall–Kier alpha value is -1.22. The van der Waals surface area contributed by atoms with Gasteiger partial charge in [-0.3, -0.25) is 0 Å². The number of halogens is 1. The summed E-state index contributed by atoms with van der Waals surface area (Å²) in [5, 5.41) is 0. The van der Waals surface area contributed by atoms with E-state index in [0.29, 0.717) is 11.9 Å². The highest BCUT2D eigenvalue weighted by Gasteiger charge is 2.26. The molecule has 1 heterocycles. The van der Waals surface area contributed by atoms with Crippen LogP contribution in [-0.2, 0) is 5.88 Å². The summed E-state index contributed by atoms with van der Waals surface area (Å²) in [6.07, 6.45) is 5.32. The van der Waals surface area contributed by atoms with E-state index in [4.69, 9.17) is 21.3 Å². The van der Waals surface area contributed by atoms with Gasteiger partial charge in [0.15, 0.2) is 0 Å². The Morgan fingerprint density at radius 3 is 2.80 bits per heavy atom. The van der Waals surface area contributed by atoms with Gasteiger partial charge in [-0.2, -0.15) is 0 Å². The van der Waals surface area contributed by atoms with Crippen LogP contribution >= 0.6 is 11.6 Å². The molecule has 20 heavy (non-hydrogen) atoms. The predicted molar refractivity (Wildman–Crippen MR) is 82.5 cm³/mol. The first kappa shape index (κ1) is 13.7. The van der Waals surface area contributed by atoms with Gasteiger partial charge in [-0.1, -0.05) is 18.9 Å². The maximum Gasteiger partial charge on any atom is 0.146 e. The third kappa shape index (κ3) is 2.18. The molecule has 3 nitrogen and oxygen atoms in total. The third-order valence-electron chi connectivity index (χ3n) is 4.58. The van der Waals surface area contributed by atoms with E-state index in [1.165, 1.54) is 25.7 Å². The summed E-state index contributed by atoms with van der Waals surface area (Å²) in [7, 11) is 1.69. The van der Waals surface area contributed by atoms with Crippen molar-refractivity contribution in [3.05, 3.63) is 24.0 Å². The molecule has 3 rings (SSSR count). The lowest BCUT2D eigenvalue weighted by molar-refractivity contribution is 0.362. The molecule has 0 N–H and O–H groups in total. The lowest BCUT2D eigenvalue weighted by Crippen LogP contribution is -2.16. The average Bonchev–Trinajstić information content (AvgIpc) is 3.12. The summed E-state index contributed by atoms with van der Waals surface area (Å²) >= 11 is 6.13. The van der Waals surface area contributed by atoms with E-state index in [1.54, 1.807) is 7.11 Å². The van der Waals surface area contributed by atoms with Crippen LogP contribution in [0.25, 0.3) is 11.0 Å². The molecule has 0 radical (unpaired) electrons. The number of hydrogen-bond acceptors (Lipinski definition) is 2. The van der Waals surface area contributed by atoms with E-state index in [0.717, 1.165) is 28.5 Å². The molecular weight excluding hydrogens is 272 g/mol. The number of methoxy groups -OCH3 is 1. The van der Waals surface area contributed by atoms with Crippen molar-refractivity contribution in [2.45, 2.75) is 44.5 Å². The molecule has 4 heteroatoms. The molecule has 1 fully saturated rings. The quantitative estimate of drug-likeness (QED) is 0.774. The molecule has 1 saturated carbocycles. The Labute approximate surface area is 124 Å². The minimum Gasteiger partial charge on any atom is -0.494 e. The minimum atomic E-state index is 0.439. The van der Waals surface area contributed by atoms with Crippen LogP contribution in [0.4, 0.5) is 0 Å². The Morgan fingerprint density at radius 1 is 1.40 bits per heavy atom. The van der Waals surface area contributed by atoms with Crippen molar-refractivity contribution in [3.63, 3.8) is 0 Å². The minimum absolute atomic E-state index is 0.439. The number of benzene rings is 1. The van der Waals surface area contributed by atoms with Gasteiger partial charge in [-0.05, 0) is 37.8 Å². The summed E-state index contributed by atoms with van der Waals surface area (Å²) in [6.45, 7) is 2.30. The summed E-state index contributed by atoms with van der Waals surface area (Å²) in [6, 6.07) is 6.55. The molecule has 0 bridgehead atoms. The van der Waals surface area contributed by atoms with Gasteiger partial charge in [0, 0.05) is 6.04 Å². The largest absolute Gasteiger partial charge is 0.494 e. The van der Waals surface area contributed by atoms with Crippen molar-refractivity contribution >= 4 is 22.6 Å². The molecule has 0 spiro atoms. The lowest BCUT2D eigenvalue weighted by Gasteiger charge is -2.23. The van der Waals surface area contributed by atoms with Crippen molar-refractivity contribution < 1.29 is 4.74 Å². The zero-order valence-electron chi connectivity index (χ0n) is 12.1. The number of para-hydroxylation sites is 1. The van der Waals surface area contributed by atoms with Crippen molar-refractivity contribution in [2.75, 3.05) is 7.11 Å². The number of alkyl halides is 1. The van der Waals surface area contributed by atoms with Crippen LogP contribution in [0.1, 0.15) is 44.5 Å². The fourth-order valence-corrected chi connectivity index (χ4v) is 3.69. The lowest BCUT2D eigenvalue weighted by atomic mass is 9.99. The first-order valence-electron chi connectivity index (χ1n) is 7.36. The second kappa shape index (κ2) is 5.65. The molecule has 2 aromatic rings. The Balaban J connectivity index is 2.12. The highest BCUT2D eigenvalue weighted by Crippen LogP contribution is 2.37. The molecule has 0 aliphatic heterocycles. The zero-order valence-corrected chi connectivity index (χ0v) is 12.9. The van der Waals surface area contributed by atoms with Gasteiger partial charge in [-0.25, -0.2) is 4.98 Å². The topological polar surface area (TPSA) is 27.1 Å². The molecular formula is C16H21ClN2O. The first-order chi connectivity index (χ1) is 9.76. The van der Waals surface area contributed by atoms with Crippen LogP contribution in [0.2, 0.25) is 0 Å². The van der Waals surface area contributed by atoms with Gasteiger partial charge in [0.1, 0.15) is 17.1 Å². The van der Waals surface area contributed by atoms with Crippen LogP contribution in [0, 0.1) is 5.92 Å². The summed E-state index contributed by atoms with van der Waals surface area (Å²) in [4.78, 5) is 4.70. The number of imidazole rings is 1. The monoisotopic (exact) mass is 292 g/mol. The Kier molecular flexibility index (Phi) is 3.88. The number of nitrogens with zero attached hydrogens (tertiary/aromatic N) is 2. The number of ether oxygens (including phenoxy) is 1. The van der Waals surface area contributed by atoms with Crippen molar-refractivity contribution in [1.29, 1.82) is 0 Å². The van der Waals surface area contributed by atoms with Crippen LogP contribution in [0.15, 0.2) is 18.2 Å². The molecule has 1 aliphatic rings. The normalized spacial score (nSPS) is 17.8. The second-order valence-corrected chi connectivity index (χ2v) is 5.91. The fraction of sp³-hybridized carbons (Fsp3) is 0.562. The van der Waals surface area contributed by atoms with E-state index >= 15 is 0 Å². The van der Waals surface area contributed by atoms with Crippen LogP contribution in [0.3, 0.4) is 0 Å². The molecule has 1 unspecified atom stereocenters. The van der Waals surface area contributed by atoms with Gasteiger partial charge in [0.2, 0.25) is 0 Å². The summed E-state index contributed by atoms with van der Waals surface area (Å²) in [5.74, 6) is 2.95. The SMILES string of the molecule is COc1cccc2c1nc(CCl)n2C(C)C1CCCC1. The molecule has 1 aliphatic carbocycles. The van der Waals surface area contributed by atoms with Crippen LogP contribution in [-0.4, -0.2) is 16.7 Å². The van der Waals surface area contributed by atoms with Gasteiger partial charge in [0.25, 0.3) is 0 Å². The van der Waals surface area contributed by atoms with Crippen LogP contribution in [0.5, 0.6) is 5.75 Å². The zero-order chi connectivity index (χ0) is 14.1. The maximum atomic E-state index is 6.13. The molecule has 108 valence electrons. The van der Waals surface area contributed by atoms with Gasteiger partial charge >= 0.3 is 0 Å². The predicted octanol–water partition coefficient (Wildman–Crippen LogP) is 4.53. The first-order valence-corrected chi connectivity index (χ1v) is 7.89. The molecule has 1 atom stereocenters. The Bertz CT molecular complexity index is 602. The third-order valence-corrected chi connectivity index (χ3v) is 4.82. The van der Waals surface area contributed by atoms with E-state index < -0.39 is 0 Å². The number of fused-ring (bicyclic) bond motifs is 1.